The number of rotatable bonds is 9. The second-order valence-electron chi connectivity index (χ2n) is 9.78. The van der Waals surface area contributed by atoms with Crippen LogP contribution >= 0.6 is 0 Å². The van der Waals surface area contributed by atoms with E-state index in [1.165, 1.54) is 22.3 Å². The van der Waals surface area contributed by atoms with E-state index in [2.05, 4.69) is 74.2 Å². The Kier molecular flexibility index (Phi) is 7.52. The molecular formula is C30H37NO2. The zero-order valence-electron chi connectivity index (χ0n) is 20.2. The van der Waals surface area contributed by atoms with Gasteiger partial charge in [0.15, 0.2) is 0 Å². The van der Waals surface area contributed by atoms with Gasteiger partial charge < -0.3 is 9.84 Å². The molecule has 1 aliphatic rings. The highest BCUT2D eigenvalue weighted by Crippen LogP contribution is 2.40. The Hall–Kier alpha value is -2.62. The normalized spacial score (nSPS) is 14.9. The van der Waals surface area contributed by atoms with Crippen molar-refractivity contribution in [2.75, 3.05) is 19.7 Å². The van der Waals surface area contributed by atoms with Gasteiger partial charge in [0.1, 0.15) is 18.5 Å². The van der Waals surface area contributed by atoms with E-state index in [9.17, 15) is 5.11 Å². The standard InChI is InChI=1S/C30H37NO2/c1-4-31(21-25(32)22-33-26-14-6-5-7-15-26)30(2,3)20-29-27-16-10-8-12-23(27)18-19-24-13-9-11-17-28(24)29/h5-17,25,29,32H,4,18-22H2,1-3H3. The molecule has 3 heteroatoms. The molecule has 174 valence electrons. The van der Waals surface area contributed by atoms with Gasteiger partial charge in [-0.3, -0.25) is 4.90 Å². The summed E-state index contributed by atoms with van der Waals surface area (Å²) in [6.45, 7) is 8.58. The summed E-state index contributed by atoms with van der Waals surface area (Å²) in [6.07, 6.45) is 2.65. The van der Waals surface area contributed by atoms with Crippen LogP contribution in [0, 0.1) is 0 Å². The summed E-state index contributed by atoms with van der Waals surface area (Å²) in [5.41, 5.74) is 5.76. The quantitative estimate of drug-likeness (QED) is 0.450. The second kappa shape index (κ2) is 10.5. The van der Waals surface area contributed by atoms with Gasteiger partial charge in [-0.25, -0.2) is 0 Å². The lowest BCUT2D eigenvalue weighted by molar-refractivity contribution is 0.0255. The van der Waals surface area contributed by atoms with E-state index in [0.717, 1.165) is 31.6 Å². The first-order valence-corrected chi connectivity index (χ1v) is 12.2. The number of ether oxygens (including phenoxy) is 1. The Morgan fingerprint density at radius 1 is 0.879 bits per heavy atom. The lowest BCUT2D eigenvalue weighted by Gasteiger charge is -2.41. The molecule has 1 unspecified atom stereocenters. The van der Waals surface area contributed by atoms with Crippen LogP contribution in [0.4, 0.5) is 0 Å². The Bertz CT molecular complexity index is 983. The first-order valence-electron chi connectivity index (χ1n) is 12.2. The van der Waals surface area contributed by atoms with Crippen LogP contribution in [0.2, 0.25) is 0 Å². The molecule has 3 aromatic rings. The topological polar surface area (TPSA) is 32.7 Å². The average molecular weight is 444 g/mol. The number of hydrogen-bond donors (Lipinski definition) is 1. The van der Waals surface area contributed by atoms with Gasteiger partial charge in [-0.1, -0.05) is 73.7 Å². The van der Waals surface area contributed by atoms with Crippen LogP contribution in [-0.2, 0) is 12.8 Å². The summed E-state index contributed by atoms with van der Waals surface area (Å²) in [5.74, 6) is 1.15. The highest BCUT2D eigenvalue weighted by molar-refractivity contribution is 5.45. The molecule has 0 fully saturated rings. The largest absolute Gasteiger partial charge is 0.491 e. The van der Waals surface area contributed by atoms with Crippen molar-refractivity contribution in [3.8, 4) is 5.75 Å². The van der Waals surface area contributed by atoms with Gasteiger partial charge in [0, 0.05) is 18.0 Å². The highest BCUT2D eigenvalue weighted by atomic mass is 16.5. The van der Waals surface area contributed by atoms with Crippen molar-refractivity contribution in [2.45, 2.75) is 57.6 Å². The van der Waals surface area contributed by atoms with Crippen molar-refractivity contribution in [3.05, 3.63) is 101 Å². The Labute approximate surface area is 199 Å². The van der Waals surface area contributed by atoms with Crippen LogP contribution in [0.25, 0.3) is 0 Å². The fraction of sp³-hybridized carbons (Fsp3) is 0.400. The van der Waals surface area contributed by atoms with E-state index in [0.29, 0.717) is 19.1 Å². The van der Waals surface area contributed by atoms with Crippen molar-refractivity contribution in [2.24, 2.45) is 0 Å². The van der Waals surface area contributed by atoms with E-state index in [1.54, 1.807) is 0 Å². The summed E-state index contributed by atoms with van der Waals surface area (Å²) >= 11 is 0. The van der Waals surface area contributed by atoms with Gasteiger partial charge in [0.25, 0.3) is 0 Å². The van der Waals surface area contributed by atoms with E-state index < -0.39 is 6.10 Å². The van der Waals surface area contributed by atoms with Gasteiger partial charge in [0.05, 0.1) is 0 Å². The average Bonchev–Trinajstić information content (AvgIpc) is 2.99. The Balaban J connectivity index is 1.52. The van der Waals surface area contributed by atoms with Crippen LogP contribution < -0.4 is 4.74 Å². The van der Waals surface area contributed by atoms with Crippen LogP contribution in [-0.4, -0.2) is 41.3 Å². The summed E-state index contributed by atoms with van der Waals surface area (Å²) in [7, 11) is 0. The molecule has 0 amide bonds. The van der Waals surface area contributed by atoms with Crippen molar-refractivity contribution >= 4 is 0 Å². The number of aryl methyl sites for hydroxylation is 2. The first kappa shape index (κ1) is 23.5. The maximum atomic E-state index is 10.8. The number of benzene rings is 3. The van der Waals surface area contributed by atoms with Crippen molar-refractivity contribution in [1.82, 2.24) is 4.90 Å². The molecule has 1 atom stereocenters. The van der Waals surface area contributed by atoms with E-state index >= 15 is 0 Å². The van der Waals surface area contributed by atoms with Crippen LogP contribution in [0.1, 0.15) is 55.4 Å². The molecule has 0 heterocycles. The number of nitrogens with zero attached hydrogens (tertiary/aromatic N) is 1. The molecule has 3 nitrogen and oxygen atoms in total. The fourth-order valence-electron chi connectivity index (χ4n) is 5.31. The van der Waals surface area contributed by atoms with Gasteiger partial charge >= 0.3 is 0 Å². The zero-order chi connectivity index (χ0) is 23.3. The number of likely N-dealkylation sites (N-methyl/N-ethyl adjacent to an activating group) is 1. The minimum atomic E-state index is -0.543. The molecule has 1 N–H and O–H groups in total. The minimum Gasteiger partial charge on any atom is -0.491 e. The van der Waals surface area contributed by atoms with Gasteiger partial charge in [-0.15, -0.1) is 0 Å². The SMILES string of the molecule is CCN(CC(O)COc1ccccc1)C(C)(C)CC1c2ccccc2CCc2ccccc21. The molecule has 0 spiro atoms. The Morgan fingerprint density at radius 3 is 2.00 bits per heavy atom. The molecule has 4 rings (SSSR count). The molecule has 0 saturated heterocycles. The number of β-amino-alcohol motifs (C(OH)–C–C–N with tert-alkyl or cyclic N) is 1. The summed E-state index contributed by atoms with van der Waals surface area (Å²) in [6, 6.07) is 27.6. The molecule has 33 heavy (non-hydrogen) atoms. The maximum absolute atomic E-state index is 10.8. The summed E-state index contributed by atoms with van der Waals surface area (Å²) < 4.78 is 5.81. The molecule has 3 aromatic carbocycles. The third-order valence-corrected chi connectivity index (χ3v) is 7.08. The zero-order valence-corrected chi connectivity index (χ0v) is 20.2. The monoisotopic (exact) mass is 443 g/mol. The third kappa shape index (κ3) is 5.66. The van der Waals surface area contributed by atoms with Crippen molar-refractivity contribution in [3.63, 3.8) is 0 Å². The van der Waals surface area contributed by atoms with Crippen LogP contribution in [0.5, 0.6) is 5.75 Å². The molecule has 1 aliphatic carbocycles. The molecule has 0 radical (unpaired) electrons. The van der Waals surface area contributed by atoms with Gasteiger partial charge in [0.2, 0.25) is 0 Å². The van der Waals surface area contributed by atoms with E-state index in [-0.39, 0.29) is 5.54 Å². The van der Waals surface area contributed by atoms with Crippen molar-refractivity contribution in [1.29, 1.82) is 0 Å². The third-order valence-electron chi connectivity index (χ3n) is 7.08. The lowest BCUT2D eigenvalue weighted by Crippen LogP contribution is -2.49. The van der Waals surface area contributed by atoms with E-state index in [1.807, 2.05) is 30.3 Å². The minimum absolute atomic E-state index is 0.0856. The fourth-order valence-corrected chi connectivity index (χ4v) is 5.31. The Morgan fingerprint density at radius 2 is 1.42 bits per heavy atom. The second-order valence-corrected chi connectivity index (χ2v) is 9.78. The molecule has 0 aromatic heterocycles. The summed E-state index contributed by atoms with van der Waals surface area (Å²) in [5, 5.41) is 10.8. The number of fused-ring (bicyclic) bond motifs is 2. The molecule has 0 bridgehead atoms. The predicted octanol–water partition coefficient (Wildman–Crippen LogP) is 5.85. The number of aliphatic hydroxyl groups is 1. The smallest absolute Gasteiger partial charge is 0.119 e. The highest BCUT2D eigenvalue weighted by Gasteiger charge is 2.34. The lowest BCUT2D eigenvalue weighted by atomic mass is 9.79. The molecular weight excluding hydrogens is 406 g/mol. The number of hydrogen-bond acceptors (Lipinski definition) is 3. The van der Waals surface area contributed by atoms with Crippen LogP contribution in [0.3, 0.4) is 0 Å². The van der Waals surface area contributed by atoms with Crippen molar-refractivity contribution < 1.29 is 9.84 Å². The van der Waals surface area contributed by atoms with Crippen LogP contribution in [0.15, 0.2) is 78.9 Å². The van der Waals surface area contributed by atoms with E-state index in [4.69, 9.17) is 4.74 Å². The van der Waals surface area contributed by atoms with Gasteiger partial charge in [-0.05, 0) is 74.0 Å². The van der Waals surface area contributed by atoms with Gasteiger partial charge in [-0.2, -0.15) is 0 Å². The molecule has 0 aliphatic heterocycles. The number of para-hydroxylation sites is 1. The maximum Gasteiger partial charge on any atom is 0.119 e. The summed E-state index contributed by atoms with van der Waals surface area (Å²) in [4.78, 5) is 2.40. The predicted molar refractivity (Wildman–Crippen MR) is 136 cm³/mol. The first-order chi connectivity index (χ1) is 16.0. The number of aliphatic hydroxyl groups excluding tert-OH is 1. The molecule has 0 saturated carbocycles.